The zero-order valence-corrected chi connectivity index (χ0v) is 14.4. The second-order valence-corrected chi connectivity index (χ2v) is 7.11. The van der Waals surface area contributed by atoms with Crippen LogP contribution in [0, 0.1) is 5.92 Å². The molecule has 0 radical (unpaired) electrons. The fourth-order valence-electron chi connectivity index (χ4n) is 4.24. The SMILES string of the molecule is O=C(NC[C@H]1CCCN2CCCC[C@H]12)c1cc(-c2ccncc2)n[nH]1. The topological polar surface area (TPSA) is 73.9 Å². The van der Waals surface area contributed by atoms with Crippen molar-refractivity contribution >= 4 is 5.91 Å². The number of nitrogens with one attached hydrogen (secondary N) is 2. The molecule has 2 atom stereocenters. The van der Waals surface area contributed by atoms with Gasteiger partial charge in [0.05, 0.1) is 5.69 Å². The molecule has 4 heterocycles. The van der Waals surface area contributed by atoms with Gasteiger partial charge in [0.15, 0.2) is 0 Å². The van der Waals surface area contributed by atoms with E-state index in [2.05, 4.69) is 25.4 Å². The third-order valence-corrected chi connectivity index (χ3v) is 5.55. The summed E-state index contributed by atoms with van der Waals surface area (Å²) in [4.78, 5) is 19.1. The maximum atomic E-state index is 12.5. The van der Waals surface area contributed by atoms with E-state index in [1.807, 2.05) is 12.1 Å². The number of carbonyl (C=O) groups is 1. The number of hydrogen-bond acceptors (Lipinski definition) is 4. The summed E-state index contributed by atoms with van der Waals surface area (Å²) in [6.45, 7) is 3.21. The van der Waals surface area contributed by atoms with E-state index in [1.165, 1.54) is 45.2 Å². The predicted octanol–water partition coefficient (Wildman–Crippen LogP) is 2.47. The molecule has 2 aliphatic heterocycles. The second kappa shape index (κ2) is 7.35. The molecule has 2 aromatic rings. The quantitative estimate of drug-likeness (QED) is 0.897. The normalized spacial score (nSPS) is 23.8. The highest BCUT2D eigenvalue weighted by atomic mass is 16.1. The van der Waals surface area contributed by atoms with Crippen molar-refractivity contribution in [2.45, 2.75) is 38.1 Å². The lowest BCUT2D eigenvalue weighted by Gasteiger charge is -2.44. The number of hydrogen-bond donors (Lipinski definition) is 2. The van der Waals surface area contributed by atoms with Gasteiger partial charge in [0.1, 0.15) is 5.69 Å². The maximum Gasteiger partial charge on any atom is 0.269 e. The molecule has 25 heavy (non-hydrogen) atoms. The molecular weight excluding hydrogens is 314 g/mol. The fourth-order valence-corrected chi connectivity index (χ4v) is 4.24. The first-order chi connectivity index (χ1) is 12.3. The number of aromatic amines is 1. The van der Waals surface area contributed by atoms with Crippen LogP contribution in [0.25, 0.3) is 11.3 Å². The lowest BCUT2D eigenvalue weighted by molar-refractivity contribution is 0.0575. The van der Waals surface area contributed by atoms with Crippen LogP contribution >= 0.6 is 0 Å². The highest BCUT2D eigenvalue weighted by Crippen LogP contribution is 2.30. The average molecular weight is 339 g/mol. The Bertz CT molecular complexity index is 712. The molecule has 4 rings (SSSR count). The second-order valence-electron chi connectivity index (χ2n) is 7.11. The summed E-state index contributed by atoms with van der Waals surface area (Å²) < 4.78 is 0. The summed E-state index contributed by atoms with van der Waals surface area (Å²) in [5, 5.41) is 10.2. The number of rotatable bonds is 4. The molecule has 2 aliphatic rings. The monoisotopic (exact) mass is 339 g/mol. The van der Waals surface area contributed by atoms with Crippen LogP contribution < -0.4 is 5.32 Å². The lowest BCUT2D eigenvalue weighted by Crippen LogP contribution is -2.51. The molecule has 0 bridgehead atoms. The van der Waals surface area contributed by atoms with Gasteiger partial charge in [-0.3, -0.25) is 14.9 Å². The Balaban J connectivity index is 1.37. The van der Waals surface area contributed by atoms with Crippen LogP contribution in [0.3, 0.4) is 0 Å². The molecule has 0 aliphatic carbocycles. The van der Waals surface area contributed by atoms with E-state index in [0.717, 1.165) is 17.8 Å². The Hall–Kier alpha value is -2.21. The number of piperidine rings is 2. The summed E-state index contributed by atoms with van der Waals surface area (Å²) in [5.74, 6) is 0.501. The zero-order chi connectivity index (χ0) is 17.1. The minimum atomic E-state index is -0.0688. The summed E-state index contributed by atoms with van der Waals surface area (Å²) in [5.41, 5.74) is 2.24. The number of fused-ring (bicyclic) bond motifs is 1. The average Bonchev–Trinajstić information content (AvgIpc) is 3.17. The van der Waals surface area contributed by atoms with Crippen LogP contribution in [-0.4, -0.2) is 51.7 Å². The molecule has 6 nitrogen and oxygen atoms in total. The van der Waals surface area contributed by atoms with E-state index in [0.29, 0.717) is 17.7 Å². The van der Waals surface area contributed by atoms with Gasteiger partial charge in [0, 0.05) is 30.5 Å². The van der Waals surface area contributed by atoms with E-state index in [1.54, 1.807) is 18.5 Å². The predicted molar refractivity (Wildman–Crippen MR) is 96.1 cm³/mol. The minimum absolute atomic E-state index is 0.0688. The van der Waals surface area contributed by atoms with Gasteiger partial charge in [-0.2, -0.15) is 5.10 Å². The van der Waals surface area contributed by atoms with Crippen molar-refractivity contribution in [1.82, 2.24) is 25.4 Å². The van der Waals surface area contributed by atoms with Gasteiger partial charge in [0.2, 0.25) is 0 Å². The van der Waals surface area contributed by atoms with E-state index in [9.17, 15) is 4.79 Å². The van der Waals surface area contributed by atoms with Crippen LogP contribution in [0.1, 0.15) is 42.6 Å². The summed E-state index contributed by atoms with van der Waals surface area (Å²) in [6, 6.07) is 6.23. The Morgan fingerprint density at radius 1 is 1.20 bits per heavy atom. The van der Waals surface area contributed by atoms with Gasteiger partial charge in [-0.15, -0.1) is 0 Å². The molecule has 2 fully saturated rings. The Morgan fingerprint density at radius 2 is 2.04 bits per heavy atom. The first-order valence-electron chi connectivity index (χ1n) is 9.29. The third-order valence-electron chi connectivity index (χ3n) is 5.55. The summed E-state index contributed by atoms with van der Waals surface area (Å²) in [7, 11) is 0. The highest BCUT2D eigenvalue weighted by Gasteiger charge is 2.33. The van der Waals surface area contributed by atoms with Crippen molar-refractivity contribution in [3.8, 4) is 11.3 Å². The standard InChI is InChI=1S/C19H25N5O/c25-19(17-12-16(22-23-17)14-6-8-20-9-7-14)21-13-15-4-3-11-24-10-2-1-5-18(15)24/h6-9,12,15,18H,1-5,10-11,13H2,(H,21,25)(H,22,23)/t15-,18-/m1/s1. The molecule has 132 valence electrons. The molecule has 2 saturated heterocycles. The van der Waals surface area contributed by atoms with Crippen LogP contribution in [0.2, 0.25) is 0 Å². The third kappa shape index (κ3) is 3.58. The molecule has 0 saturated carbocycles. The molecule has 6 heteroatoms. The number of carbonyl (C=O) groups excluding carboxylic acids is 1. The summed E-state index contributed by atoms with van der Waals surface area (Å²) >= 11 is 0. The molecular formula is C19H25N5O. The highest BCUT2D eigenvalue weighted by molar-refractivity contribution is 5.93. The van der Waals surface area contributed by atoms with Crippen molar-refractivity contribution in [1.29, 1.82) is 0 Å². The van der Waals surface area contributed by atoms with E-state index in [-0.39, 0.29) is 5.91 Å². The lowest BCUT2D eigenvalue weighted by atomic mass is 9.83. The van der Waals surface area contributed by atoms with Crippen molar-refractivity contribution < 1.29 is 4.79 Å². The first-order valence-corrected chi connectivity index (χ1v) is 9.29. The number of nitrogens with zero attached hydrogens (tertiary/aromatic N) is 3. The van der Waals surface area contributed by atoms with Gasteiger partial charge in [-0.05, 0) is 62.9 Å². The van der Waals surface area contributed by atoms with Crippen molar-refractivity contribution in [2.24, 2.45) is 5.92 Å². The van der Waals surface area contributed by atoms with Crippen LogP contribution in [0.4, 0.5) is 0 Å². The Kier molecular flexibility index (Phi) is 4.78. The van der Waals surface area contributed by atoms with Crippen molar-refractivity contribution in [2.75, 3.05) is 19.6 Å². The van der Waals surface area contributed by atoms with Crippen molar-refractivity contribution in [3.63, 3.8) is 0 Å². The minimum Gasteiger partial charge on any atom is -0.350 e. The molecule has 2 N–H and O–H groups in total. The van der Waals surface area contributed by atoms with E-state index < -0.39 is 0 Å². The molecule has 2 aromatic heterocycles. The van der Waals surface area contributed by atoms with Gasteiger partial charge in [0.25, 0.3) is 5.91 Å². The number of H-pyrrole nitrogens is 1. The van der Waals surface area contributed by atoms with Crippen molar-refractivity contribution in [3.05, 3.63) is 36.3 Å². The first kappa shape index (κ1) is 16.3. The summed E-state index contributed by atoms with van der Waals surface area (Å²) in [6.07, 6.45) is 9.82. The smallest absolute Gasteiger partial charge is 0.269 e. The molecule has 0 aromatic carbocycles. The largest absolute Gasteiger partial charge is 0.350 e. The Labute approximate surface area is 148 Å². The van der Waals surface area contributed by atoms with Crippen LogP contribution in [-0.2, 0) is 0 Å². The van der Waals surface area contributed by atoms with Crippen LogP contribution in [0.15, 0.2) is 30.6 Å². The zero-order valence-electron chi connectivity index (χ0n) is 14.4. The number of pyridine rings is 1. The van der Waals surface area contributed by atoms with E-state index in [4.69, 9.17) is 0 Å². The van der Waals surface area contributed by atoms with E-state index >= 15 is 0 Å². The Morgan fingerprint density at radius 3 is 2.92 bits per heavy atom. The molecule has 0 spiro atoms. The van der Waals surface area contributed by atoms with Crippen LogP contribution in [0.5, 0.6) is 0 Å². The molecule has 1 amide bonds. The van der Waals surface area contributed by atoms with Gasteiger partial charge in [-0.1, -0.05) is 6.42 Å². The molecule has 0 unspecified atom stereocenters. The van der Waals surface area contributed by atoms with Gasteiger partial charge >= 0.3 is 0 Å². The van der Waals surface area contributed by atoms with Gasteiger partial charge in [-0.25, -0.2) is 0 Å². The number of amides is 1. The number of aromatic nitrogens is 3. The van der Waals surface area contributed by atoms with Gasteiger partial charge < -0.3 is 10.2 Å². The maximum absolute atomic E-state index is 12.5. The fraction of sp³-hybridized carbons (Fsp3) is 0.526.